The second-order valence-corrected chi connectivity index (χ2v) is 12.1. The zero-order valence-corrected chi connectivity index (χ0v) is 27.5. The number of allylic oxidation sites excluding steroid dienone is 5. The van der Waals surface area contributed by atoms with E-state index in [9.17, 15) is 4.39 Å². The summed E-state index contributed by atoms with van der Waals surface area (Å²) in [6, 6.07) is 4.48. The minimum atomic E-state index is -0.304. The number of aliphatic imine (C=N–C) groups is 2. The second kappa shape index (κ2) is 17.7. The van der Waals surface area contributed by atoms with Gasteiger partial charge in [-0.2, -0.15) is 0 Å². The van der Waals surface area contributed by atoms with Crippen LogP contribution in [0.25, 0.3) is 5.57 Å². The number of nitrogens with zero attached hydrogens (tertiary/aromatic N) is 3. The van der Waals surface area contributed by atoms with Crippen LogP contribution in [-0.2, 0) is 0 Å². The van der Waals surface area contributed by atoms with Crippen molar-refractivity contribution in [3.63, 3.8) is 0 Å². The Labute approximate surface area is 255 Å². The van der Waals surface area contributed by atoms with Crippen molar-refractivity contribution in [2.45, 2.75) is 80.1 Å². The molecule has 1 fully saturated rings. The van der Waals surface area contributed by atoms with Crippen LogP contribution in [0.4, 0.5) is 4.39 Å². The topological polar surface area (TPSA) is 49.2 Å². The van der Waals surface area contributed by atoms with E-state index in [1.54, 1.807) is 6.07 Å². The van der Waals surface area contributed by atoms with Gasteiger partial charge in [0.05, 0.1) is 0 Å². The summed E-state index contributed by atoms with van der Waals surface area (Å²) in [4.78, 5) is 12.0. The highest BCUT2D eigenvalue weighted by Gasteiger charge is 2.29. The first-order chi connectivity index (χ1) is 19.9. The predicted molar refractivity (Wildman–Crippen MR) is 180 cm³/mol. The van der Waals surface area contributed by atoms with Gasteiger partial charge in [-0.05, 0) is 87.8 Å². The van der Waals surface area contributed by atoms with E-state index < -0.39 is 0 Å². The Morgan fingerprint density at radius 3 is 2.52 bits per heavy atom. The zero-order valence-electron chi connectivity index (χ0n) is 27.5. The molecule has 1 saturated carbocycles. The highest BCUT2D eigenvalue weighted by atomic mass is 19.1. The van der Waals surface area contributed by atoms with Crippen molar-refractivity contribution in [2.24, 2.45) is 27.7 Å². The normalized spacial score (nSPS) is 18.8. The number of ether oxygens (including phenoxy) is 1. The molecule has 1 N–H and O–H groups in total. The second-order valence-electron chi connectivity index (χ2n) is 12.1. The Hall–Kier alpha value is -3.15. The fourth-order valence-corrected chi connectivity index (χ4v) is 5.19. The summed E-state index contributed by atoms with van der Waals surface area (Å²) in [5.74, 6) is 2.00. The molecule has 0 spiro atoms. The third-order valence-corrected chi connectivity index (χ3v) is 8.04. The van der Waals surface area contributed by atoms with Crippen LogP contribution in [0.15, 0.2) is 70.6 Å². The first kappa shape index (κ1) is 35.0. The van der Waals surface area contributed by atoms with Crippen LogP contribution in [0.1, 0.15) is 85.6 Å². The maximum atomic E-state index is 13.6. The largest absolute Gasteiger partial charge is 0.487 e. The maximum absolute atomic E-state index is 13.6. The molecule has 232 valence electrons. The smallest absolute Gasteiger partial charge is 0.127 e. The van der Waals surface area contributed by atoms with Crippen molar-refractivity contribution < 1.29 is 9.13 Å². The van der Waals surface area contributed by atoms with E-state index in [0.29, 0.717) is 29.8 Å². The van der Waals surface area contributed by atoms with Crippen molar-refractivity contribution in [1.29, 1.82) is 0 Å². The summed E-state index contributed by atoms with van der Waals surface area (Å²) in [5.41, 5.74) is 6.70. The highest BCUT2D eigenvalue weighted by molar-refractivity contribution is 6.00. The van der Waals surface area contributed by atoms with E-state index >= 15 is 0 Å². The van der Waals surface area contributed by atoms with E-state index in [0.717, 1.165) is 41.7 Å². The molecular formula is C36H55FN4O. The summed E-state index contributed by atoms with van der Waals surface area (Å²) >= 11 is 0. The Balaban J connectivity index is 1.99. The first-order valence-corrected chi connectivity index (χ1v) is 15.6. The first-order valence-electron chi connectivity index (χ1n) is 15.6. The molecule has 1 aliphatic rings. The lowest BCUT2D eigenvalue weighted by Crippen LogP contribution is -2.31. The number of unbranched alkanes of at least 4 members (excludes halogenated alkanes) is 2. The lowest BCUT2D eigenvalue weighted by atomic mass is 9.73. The SMILES string of the molecule is C=C(COc1ccc(F)cc1C(=C)C)NCCN(C)/C(C)=C/C(=N/C(C)=C/C(=NC)C(C)CCCCC)C1CC(C)C1. The molecule has 1 atom stereocenters. The van der Waals surface area contributed by atoms with E-state index in [1.165, 1.54) is 62.1 Å². The molecule has 0 heterocycles. The van der Waals surface area contributed by atoms with E-state index in [1.807, 2.05) is 14.0 Å². The van der Waals surface area contributed by atoms with Crippen molar-refractivity contribution in [3.05, 3.63) is 72.0 Å². The van der Waals surface area contributed by atoms with Crippen LogP contribution in [0.2, 0.25) is 0 Å². The molecule has 1 aromatic carbocycles. The lowest BCUT2D eigenvalue weighted by molar-refractivity contribution is 0.282. The number of halogens is 1. The summed E-state index contributed by atoms with van der Waals surface area (Å²) in [6.07, 6.45) is 11.7. The maximum Gasteiger partial charge on any atom is 0.127 e. The molecule has 1 unspecified atom stereocenters. The van der Waals surface area contributed by atoms with Crippen molar-refractivity contribution in [2.75, 3.05) is 33.8 Å². The molecule has 6 heteroatoms. The van der Waals surface area contributed by atoms with Gasteiger partial charge < -0.3 is 15.0 Å². The van der Waals surface area contributed by atoms with Gasteiger partial charge in [-0.3, -0.25) is 9.98 Å². The van der Waals surface area contributed by atoms with E-state index in [4.69, 9.17) is 9.73 Å². The number of nitrogens with one attached hydrogen (secondary N) is 1. The van der Waals surface area contributed by atoms with Gasteiger partial charge >= 0.3 is 0 Å². The number of benzene rings is 1. The molecule has 0 amide bonds. The number of hydrogen-bond donors (Lipinski definition) is 1. The van der Waals surface area contributed by atoms with Gasteiger partial charge in [0.25, 0.3) is 0 Å². The fraction of sp³-hybridized carbons (Fsp3) is 0.556. The Kier molecular flexibility index (Phi) is 14.8. The number of rotatable bonds is 18. The highest BCUT2D eigenvalue weighted by Crippen LogP contribution is 2.35. The number of likely N-dealkylation sites (N-methyl/N-ethyl adjacent to an activating group) is 1. The van der Waals surface area contributed by atoms with Gasteiger partial charge in [0, 0.05) is 67.2 Å². The van der Waals surface area contributed by atoms with Crippen molar-refractivity contribution in [1.82, 2.24) is 10.2 Å². The molecule has 0 saturated heterocycles. The summed E-state index contributed by atoms with van der Waals surface area (Å²) in [6.45, 7) is 22.8. The summed E-state index contributed by atoms with van der Waals surface area (Å²) in [5, 5.41) is 3.35. The zero-order chi connectivity index (χ0) is 31.2. The van der Waals surface area contributed by atoms with Crippen molar-refractivity contribution >= 4 is 17.0 Å². The molecule has 42 heavy (non-hydrogen) atoms. The third kappa shape index (κ3) is 11.6. The predicted octanol–water partition coefficient (Wildman–Crippen LogP) is 8.85. The van der Waals surface area contributed by atoms with Gasteiger partial charge in [-0.25, -0.2) is 4.39 Å². The molecule has 0 aliphatic heterocycles. The monoisotopic (exact) mass is 578 g/mol. The quantitative estimate of drug-likeness (QED) is 0.140. The standard InChI is InChI=1S/C36H55FN4O/c1-11-12-13-14-27(5)34(38-9)21-28(6)40-35(31-19-26(4)20-31)22-30(8)41(10)18-17-39-29(7)24-42-36-16-15-32(37)23-33(36)25(2)3/h15-16,21-23,26-27,31,39H,2,7,11-14,17-20,24H2,1,3-6,8-10H3/b28-21+,30-22+,38-34?,40-35-. The van der Waals surface area contributed by atoms with Gasteiger partial charge in [0.1, 0.15) is 18.2 Å². The minimum Gasteiger partial charge on any atom is -0.487 e. The van der Waals surface area contributed by atoms with Crippen LogP contribution in [0.3, 0.4) is 0 Å². The summed E-state index contributed by atoms with van der Waals surface area (Å²) < 4.78 is 19.5. The van der Waals surface area contributed by atoms with E-state index in [-0.39, 0.29) is 5.82 Å². The molecule has 2 rings (SSSR count). The lowest BCUT2D eigenvalue weighted by Gasteiger charge is -2.33. The Morgan fingerprint density at radius 2 is 1.90 bits per heavy atom. The van der Waals surface area contributed by atoms with Gasteiger partial charge in [0.15, 0.2) is 0 Å². The summed E-state index contributed by atoms with van der Waals surface area (Å²) in [7, 11) is 4.00. The third-order valence-electron chi connectivity index (χ3n) is 8.04. The molecule has 1 aromatic rings. The van der Waals surface area contributed by atoms with Crippen LogP contribution < -0.4 is 10.1 Å². The molecule has 0 aromatic heterocycles. The van der Waals surface area contributed by atoms with Crippen LogP contribution in [0.5, 0.6) is 5.75 Å². The fourth-order valence-electron chi connectivity index (χ4n) is 5.19. The number of hydrogen-bond acceptors (Lipinski definition) is 5. The average molecular weight is 579 g/mol. The molecule has 1 aliphatic carbocycles. The Morgan fingerprint density at radius 1 is 1.19 bits per heavy atom. The Bertz CT molecular complexity index is 1170. The van der Waals surface area contributed by atoms with Gasteiger partial charge in [0.2, 0.25) is 0 Å². The average Bonchev–Trinajstić information content (AvgIpc) is 2.92. The van der Waals surface area contributed by atoms with Crippen LogP contribution in [0, 0.1) is 23.6 Å². The molecular weight excluding hydrogens is 523 g/mol. The van der Waals surface area contributed by atoms with E-state index in [2.05, 4.69) is 82.2 Å². The van der Waals surface area contributed by atoms with Gasteiger partial charge in [-0.15, -0.1) is 0 Å². The molecule has 0 bridgehead atoms. The molecule has 5 nitrogen and oxygen atoms in total. The van der Waals surface area contributed by atoms with Crippen molar-refractivity contribution in [3.8, 4) is 5.75 Å². The minimum absolute atomic E-state index is 0.299. The van der Waals surface area contributed by atoms with Crippen LogP contribution >= 0.6 is 0 Å². The molecule has 0 radical (unpaired) electrons. The van der Waals surface area contributed by atoms with Crippen LogP contribution in [-0.4, -0.2) is 50.1 Å². The van der Waals surface area contributed by atoms with Gasteiger partial charge in [-0.1, -0.05) is 53.2 Å².